The quantitative estimate of drug-likeness (QED) is 0.128. The van der Waals surface area contributed by atoms with Crippen molar-refractivity contribution in [3.8, 4) is 17.2 Å². The van der Waals surface area contributed by atoms with Crippen LogP contribution in [0, 0.1) is 0 Å². The summed E-state index contributed by atoms with van der Waals surface area (Å²) in [5.74, 6) is 0.670. The van der Waals surface area contributed by atoms with E-state index in [1.54, 1.807) is 24.5 Å². The van der Waals surface area contributed by atoms with E-state index in [4.69, 9.17) is 31.9 Å². The van der Waals surface area contributed by atoms with E-state index in [0.717, 1.165) is 16.5 Å². The number of allylic oxidation sites excluding steroid dienone is 2. The third-order valence-electron chi connectivity index (χ3n) is 6.74. The Morgan fingerprint density at radius 3 is 2.10 bits per heavy atom. The van der Waals surface area contributed by atoms with Gasteiger partial charge in [0, 0.05) is 33.2 Å². The zero-order valence-electron chi connectivity index (χ0n) is 23.6. The Morgan fingerprint density at radius 1 is 0.690 bits per heavy atom. The van der Waals surface area contributed by atoms with E-state index in [2.05, 4.69) is 0 Å². The summed E-state index contributed by atoms with van der Waals surface area (Å²) < 4.78 is 40.7. The number of fused-ring (bicyclic) bond motifs is 4. The monoisotopic (exact) mass is 568 g/mol. The zero-order chi connectivity index (χ0) is 29.4. The van der Waals surface area contributed by atoms with E-state index < -0.39 is 11.3 Å². The van der Waals surface area contributed by atoms with Crippen LogP contribution in [0.4, 0.5) is 0 Å². The predicted molar refractivity (Wildman–Crippen MR) is 159 cm³/mol. The highest BCUT2D eigenvalue weighted by Crippen LogP contribution is 2.40. The van der Waals surface area contributed by atoms with Gasteiger partial charge in [-0.1, -0.05) is 11.1 Å². The topological polar surface area (TPSA) is 114 Å². The van der Waals surface area contributed by atoms with Crippen molar-refractivity contribution >= 4 is 43.9 Å². The van der Waals surface area contributed by atoms with E-state index in [1.165, 1.54) is 12.3 Å². The summed E-state index contributed by atoms with van der Waals surface area (Å²) in [6.45, 7) is 8.38. The molecule has 0 aliphatic heterocycles. The molecule has 0 aliphatic rings. The van der Waals surface area contributed by atoms with Crippen molar-refractivity contribution in [1.29, 1.82) is 0 Å². The number of benzene rings is 2. The number of rotatable bonds is 9. The Bertz CT molecular complexity index is 2120. The lowest BCUT2D eigenvalue weighted by molar-refractivity contribution is 0.292. The fraction of sp³-hybridized carbons (Fsp3) is 0.212. The predicted octanol–water partition coefficient (Wildman–Crippen LogP) is 7.66. The summed E-state index contributed by atoms with van der Waals surface area (Å²) in [5.41, 5.74) is 3.01. The van der Waals surface area contributed by atoms with E-state index in [9.17, 15) is 9.59 Å². The van der Waals surface area contributed by atoms with Crippen LogP contribution >= 0.6 is 0 Å². The maximum Gasteiger partial charge on any atom is 0.379 e. The molecule has 0 amide bonds. The van der Waals surface area contributed by atoms with Gasteiger partial charge in [-0.25, -0.2) is 9.59 Å². The highest BCUT2D eigenvalue weighted by molar-refractivity contribution is 6.04. The summed E-state index contributed by atoms with van der Waals surface area (Å²) in [5, 5.41) is 2.69. The van der Waals surface area contributed by atoms with Crippen molar-refractivity contribution in [2.24, 2.45) is 0 Å². The number of furan rings is 2. The third-order valence-corrected chi connectivity index (χ3v) is 6.74. The third kappa shape index (κ3) is 5.05. The first kappa shape index (κ1) is 27.0. The van der Waals surface area contributed by atoms with Crippen molar-refractivity contribution in [3.63, 3.8) is 0 Å². The van der Waals surface area contributed by atoms with E-state index >= 15 is 0 Å². The molecular formula is C33H28O9. The Hall–Kier alpha value is -5.18. The maximum absolute atomic E-state index is 13.1. The maximum atomic E-state index is 13.1. The van der Waals surface area contributed by atoms with Crippen LogP contribution in [0.1, 0.15) is 33.3 Å². The molecule has 0 N–H and O–H groups in total. The van der Waals surface area contributed by atoms with Gasteiger partial charge in [0.15, 0.2) is 22.3 Å². The summed E-state index contributed by atoms with van der Waals surface area (Å²) in [7, 11) is 0. The van der Waals surface area contributed by atoms with Gasteiger partial charge in [0.05, 0.1) is 12.5 Å². The molecule has 0 saturated heterocycles. The lowest BCUT2D eigenvalue weighted by Gasteiger charge is -2.13. The molecule has 9 nitrogen and oxygen atoms in total. The standard InChI is InChI=1S/C33H28O9/c1-18(2)7-11-38-31-27-20(9-13-36-27)15-21-16-25(33(35)42-28(21)31)40-17-24-22-5-6-26(34)41-30(22)32(39-12-8-19(3)4)29-23(24)10-14-37-29/h5-10,13-16H,11-12,17H2,1-4H3. The molecule has 6 rings (SSSR count). The van der Waals surface area contributed by atoms with Gasteiger partial charge in [-0.2, -0.15) is 0 Å². The van der Waals surface area contributed by atoms with Crippen LogP contribution in [0.5, 0.6) is 17.2 Å². The van der Waals surface area contributed by atoms with Crippen LogP contribution in [0.15, 0.2) is 99.5 Å². The SMILES string of the molecule is CC(C)=CCOc1c2occc2cc2cc(OCc3c4ccoc4c(OCC=C(C)C)c4oc(=O)ccc34)c(=O)oc12. The Morgan fingerprint density at radius 2 is 1.36 bits per heavy atom. The minimum Gasteiger partial charge on any atom is -0.482 e. The molecule has 6 aromatic rings. The van der Waals surface area contributed by atoms with Crippen LogP contribution in [0.3, 0.4) is 0 Å². The lowest BCUT2D eigenvalue weighted by atomic mass is 10.0. The average molecular weight is 569 g/mol. The molecule has 42 heavy (non-hydrogen) atoms. The number of hydrogen-bond acceptors (Lipinski definition) is 9. The van der Waals surface area contributed by atoms with E-state index in [1.807, 2.05) is 52.0 Å². The Kier molecular flexibility index (Phi) is 7.08. The first-order chi connectivity index (χ1) is 20.3. The minimum absolute atomic E-state index is 0.00616. The molecule has 0 radical (unpaired) electrons. The first-order valence-corrected chi connectivity index (χ1v) is 13.4. The first-order valence-electron chi connectivity index (χ1n) is 13.4. The summed E-state index contributed by atoms with van der Waals surface area (Å²) in [4.78, 5) is 25.3. The molecule has 0 spiro atoms. The van der Waals surface area contributed by atoms with Crippen molar-refractivity contribution < 1.29 is 31.9 Å². The minimum atomic E-state index is -0.679. The largest absolute Gasteiger partial charge is 0.482 e. The number of ether oxygens (including phenoxy) is 3. The van der Waals surface area contributed by atoms with Crippen molar-refractivity contribution in [2.75, 3.05) is 13.2 Å². The Labute approximate surface area is 239 Å². The highest BCUT2D eigenvalue weighted by atomic mass is 16.5. The van der Waals surface area contributed by atoms with Crippen LogP contribution in [-0.4, -0.2) is 13.2 Å². The zero-order valence-corrected chi connectivity index (χ0v) is 23.6. The fourth-order valence-electron chi connectivity index (χ4n) is 4.69. The van der Waals surface area contributed by atoms with Gasteiger partial charge in [0.1, 0.15) is 19.8 Å². The molecule has 2 aromatic carbocycles. The van der Waals surface area contributed by atoms with Gasteiger partial charge in [-0.15, -0.1) is 0 Å². The molecule has 214 valence electrons. The highest BCUT2D eigenvalue weighted by Gasteiger charge is 2.22. The molecule has 0 saturated carbocycles. The molecule has 4 heterocycles. The van der Waals surface area contributed by atoms with Crippen LogP contribution in [-0.2, 0) is 6.61 Å². The smallest absolute Gasteiger partial charge is 0.379 e. The van der Waals surface area contributed by atoms with Gasteiger partial charge < -0.3 is 31.9 Å². The van der Waals surface area contributed by atoms with E-state index in [0.29, 0.717) is 44.4 Å². The Balaban J connectivity index is 1.41. The second-order valence-electron chi connectivity index (χ2n) is 10.3. The van der Waals surface area contributed by atoms with Gasteiger partial charge in [0.25, 0.3) is 0 Å². The fourth-order valence-corrected chi connectivity index (χ4v) is 4.69. The summed E-state index contributed by atoms with van der Waals surface area (Å²) in [6.07, 6.45) is 6.91. The van der Waals surface area contributed by atoms with Crippen LogP contribution in [0.2, 0.25) is 0 Å². The number of hydrogen-bond donors (Lipinski definition) is 0. The molecule has 9 heteroatoms. The summed E-state index contributed by atoms with van der Waals surface area (Å²) >= 11 is 0. The molecular weight excluding hydrogens is 540 g/mol. The molecule has 0 atom stereocenters. The summed E-state index contributed by atoms with van der Waals surface area (Å²) in [6, 6.07) is 10.0. The normalized spacial score (nSPS) is 11.3. The molecule has 0 fully saturated rings. The van der Waals surface area contributed by atoms with Crippen molar-refractivity contribution in [1.82, 2.24) is 0 Å². The lowest BCUT2D eigenvalue weighted by Crippen LogP contribution is -2.09. The molecule has 0 unspecified atom stereocenters. The van der Waals surface area contributed by atoms with Crippen molar-refractivity contribution in [3.05, 3.63) is 98.6 Å². The second-order valence-corrected chi connectivity index (χ2v) is 10.3. The van der Waals surface area contributed by atoms with Gasteiger partial charge in [-0.3, -0.25) is 0 Å². The van der Waals surface area contributed by atoms with Gasteiger partial charge >= 0.3 is 11.3 Å². The second kappa shape index (κ2) is 11.0. The molecule has 0 aliphatic carbocycles. The van der Waals surface area contributed by atoms with Gasteiger partial charge in [0.2, 0.25) is 17.2 Å². The van der Waals surface area contributed by atoms with Crippen LogP contribution in [0.25, 0.3) is 43.9 Å². The average Bonchev–Trinajstić information content (AvgIpc) is 3.62. The van der Waals surface area contributed by atoms with E-state index in [-0.39, 0.29) is 36.7 Å². The van der Waals surface area contributed by atoms with Crippen LogP contribution < -0.4 is 25.5 Å². The van der Waals surface area contributed by atoms with Crippen molar-refractivity contribution in [2.45, 2.75) is 34.3 Å². The van der Waals surface area contributed by atoms with Gasteiger partial charge in [-0.05, 0) is 70.2 Å². The molecule has 4 aromatic heterocycles. The molecule has 0 bridgehead atoms.